The van der Waals surface area contributed by atoms with Crippen molar-refractivity contribution in [3.8, 4) is 0 Å². The molecule has 0 spiro atoms. The molecule has 1 aromatic carbocycles. The maximum atomic E-state index is 11.9. The highest BCUT2D eigenvalue weighted by Crippen LogP contribution is 2.18. The van der Waals surface area contributed by atoms with E-state index in [9.17, 15) is 9.59 Å². The second-order valence-electron chi connectivity index (χ2n) is 6.56. The van der Waals surface area contributed by atoms with E-state index in [1.54, 1.807) is 0 Å². The van der Waals surface area contributed by atoms with Crippen molar-refractivity contribution in [2.45, 2.75) is 19.4 Å². The van der Waals surface area contributed by atoms with Crippen LogP contribution in [0.15, 0.2) is 40.1 Å². The van der Waals surface area contributed by atoms with Gasteiger partial charge in [0.15, 0.2) is 0 Å². The van der Waals surface area contributed by atoms with Crippen LogP contribution in [0, 0.1) is 3.57 Å². The summed E-state index contributed by atoms with van der Waals surface area (Å²) in [7, 11) is 1.48. The van der Waals surface area contributed by atoms with Crippen molar-refractivity contribution in [2.75, 3.05) is 37.6 Å². The Hall–Kier alpha value is -1.68. The fourth-order valence-corrected chi connectivity index (χ4v) is 3.51. The second-order valence-corrected chi connectivity index (χ2v) is 7.81. The lowest BCUT2D eigenvalue weighted by Gasteiger charge is -2.36. The molecule has 0 bridgehead atoms. The number of rotatable bonds is 6. The number of unbranched alkanes of at least 4 members (excludes halogenated alkanes) is 1. The molecule has 0 amide bonds. The van der Waals surface area contributed by atoms with Crippen LogP contribution in [0.4, 0.5) is 5.69 Å². The molecule has 1 saturated heterocycles. The van der Waals surface area contributed by atoms with E-state index >= 15 is 0 Å². The van der Waals surface area contributed by atoms with E-state index in [-0.39, 0.29) is 11.2 Å². The van der Waals surface area contributed by atoms with Gasteiger partial charge in [0.2, 0.25) is 0 Å². The minimum atomic E-state index is -0.364. The van der Waals surface area contributed by atoms with E-state index in [1.165, 1.54) is 27.2 Å². The van der Waals surface area contributed by atoms with Gasteiger partial charge in [-0.3, -0.25) is 14.3 Å². The highest BCUT2D eigenvalue weighted by Gasteiger charge is 2.16. The number of benzene rings is 1. The predicted molar refractivity (Wildman–Crippen MR) is 111 cm³/mol. The Balaban J connectivity index is 1.40. The van der Waals surface area contributed by atoms with Gasteiger partial charge in [-0.25, -0.2) is 9.48 Å². The van der Waals surface area contributed by atoms with Crippen molar-refractivity contribution in [1.29, 1.82) is 0 Å². The first kappa shape index (κ1) is 19.1. The van der Waals surface area contributed by atoms with Gasteiger partial charge in [0.25, 0.3) is 5.56 Å². The fourth-order valence-electron chi connectivity index (χ4n) is 3.15. The molecule has 0 saturated carbocycles. The first-order valence-corrected chi connectivity index (χ1v) is 9.98. The second kappa shape index (κ2) is 8.81. The van der Waals surface area contributed by atoms with Gasteiger partial charge in [-0.2, -0.15) is 5.10 Å². The largest absolute Gasteiger partial charge is 0.369 e. The molecule has 2 heterocycles. The number of hydrogen-bond donors (Lipinski definition) is 0. The van der Waals surface area contributed by atoms with E-state index in [0.29, 0.717) is 6.54 Å². The third-order valence-electron chi connectivity index (χ3n) is 4.80. The van der Waals surface area contributed by atoms with Crippen molar-refractivity contribution in [3.63, 3.8) is 0 Å². The molecule has 1 fully saturated rings. The summed E-state index contributed by atoms with van der Waals surface area (Å²) in [5.41, 5.74) is 0.589. The van der Waals surface area contributed by atoms with Crippen LogP contribution in [0.5, 0.6) is 0 Å². The van der Waals surface area contributed by atoms with Gasteiger partial charge in [0.05, 0.1) is 0 Å². The van der Waals surface area contributed by atoms with Crippen molar-refractivity contribution in [2.24, 2.45) is 7.05 Å². The maximum Gasteiger partial charge on any atom is 0.347 e. The number of anilines is 1. The van der Waals surface area contributed by atoms with Gasteiger partial charge in [0, 0.05) is 49.0 Å². The summed E-state index contributed by atoms with van der Waals surface area (Å²) in [4.78, 5) is 28.2. The SMILES string of the molecule is Cn1c(=O)cnn(CCCCN2CCN(c3ccc([123I])cc3)CC2)c1=O. The molecule has 0 radical (unpaired) electrons. The Morgan fingerprint density at radius 1 is 1.00 bits per heavy atom. The lowest BCUT2D eigenvalue weighted by molar-refractivity contribution is 0.250. The van der Waals surface area contributed by atoms with E-state index < -0.39 is 0 Å². The van der Waals surface area contributed by atoms with Gasteiger partial charge >= 0.3 is 5.69 Å². The fraction of sp³-hybridized carbons (Fsp3) is 0.500. The molecule has 1 aliphatic rings. The maximum absolute atomic E-state index is 11.9. The lowest BCUT2D eigenvalue weighted by atomic mass is 10.2. The van der Waals surface area contributed by atoms with E-state index in [0.717, 1.165) is 50.1 Å². The van der Waals surface area contributed by atoms with E-state index in [2.05, 4.69) is 61.8 Å². The van der Waals surface area contributed by atoms with Crippen LogP contribution < -0.4 is 16.1 Å². The van der Waals surface area contributed by atoms with Crippen molar-refractivity contribution >= 4 is 28.3 Å². The minimum absolute atomic E-state index is 0.344. The Bertz CT molecular complexity index is 838. The van der Waals surface area contributed by atoms with Crippen LogP contribution >= 0.6 is 22.6 Å². The van der Waals surface area contributed by atoms with Crippen LogP contribution in [0.25, 0.3) is 0 Å². The third kappa shape index (κ3) is 4.73. The van der Waals surface area contributed by atoms with Crippen molar-refractivity contribution in [1.82, 2.24) is 19.2 Å². The summed E-state index contributed by atoms with van der Waals surface area (Å²) in [5.74, 6) is 0. The molecule has 3 rings (SSSR count). The zero-order valence-electron chi connectivity index (χ0n) is 15.0. The molecular weight excluding hydrogens is 441 g/mol. The number of nitrogens with zero attached hydrogens (tertiary/aromatic N) is 5. The summed E-state index contributed by atoms with van der Waals surface area (Å²) in [6.45, 7) is 5.79. The van der Waals surface area contributed by atoms with Gasteiger partial charge in [-0.05, 0) is 66.2 Å². The zero-order valence-corrected chi connectivity index (χ0v) is 17.1. The highest BCUT2D eigenvalue weighted by atomic mass is 123. The summed E-state index contributed by atoms with van der Waals surface area (Å²) >= 11 is 2.33. The average Bonchev–Trinajstić information content (AvgIpc) is 2.66. The van der Waals surface area contributed by atoms with Crippen LogP contribution in [-0.2, 0) is 13.6 Å². The van der Waals surface area contributed by atoms with Gasteiger partial charge < -0.3 is 4.90 Å². The average molecular weight is 465 g/mol. The molecule has 0 N–H and O–H groups in total. The smallest absolute Gasteiger partial charge is 0.347 e. The number of halogens is 1. The van der Waals surface area contributed by atoms with Crippen LogP contribution in [-0.4, -0.2) is 52.0 Å². The summed E-state index contributed by atoms with van der Waals surface area (Å²) in [6.07, 6.45) is 3.09. The molecule has 8 heteroatoms. The van der Waals surface area contributed by atoms with Crippen molar-refractivity contribution in [3.05, 3.63) is 54.9 Å². The first-order valence-electron chi connectivity index (χ1n) is 8.90. The molecule has 1 aliphatic heterocycles. The standard InChI is InChI=1S/C18H24IN5O2/c1-21-17(25)14-20-24(18(21)26)9-3-2-8-22-10-12-23(13-11-22)16-6-4-15(19)5-7-16/h4-7,14H,2-3,8-13H2,1H3/i19-4. The molecule has 26 heavy (non-hydrogen) atoms. The summed E-state index contributed by atoms with van der Waals surface area (Å²) < 4.78 is 3.73. The first-order chi connectivity index (χ1) is 12.5. The number of hydrogen-bond acceptors (Lipinski definition) is 5. The molecule has 140 valence electrons. The summed E-state index contributed by atoms with van der Waals surface area (Å²) in [5, 5.41) is 3.92. The third-order valence-corrected chi connectivity index (χ3v) is 5.52. The van der Waals surface area contributed by atoms with Crippen LogP contribution in [0.1, 0.15) is 12.8 Å². The Morgan fingerprint density at radius 2 is 1.65 bits per heavy atom. The number of aryl methyl sites for hydroxylation is 1. The van der Waals surface area contributed by atoms with Gasteiger partial charge in [-0.1, -0.05) is 0 Å². The Labute approximate surface area is 166 Å². The van der Waals surface area contributed by atoms with Crippen LogP contribution in [0.3, 0.4) is 0 Å². The topological polar surface area (TPSA) is 63.4 Å². The predicted octanol–water partition coefficient (Wildman–Crippen LogP) is 1.15. The minimum Gasteiger partial charge on any atom is -0.369 e. The molecule has 1 aromatic heterocycles. The Morgan fingerprint density at radius 3 is 2.35 bits per heavy atom. The Kier molecular flexibility index (Phi) is 6.47. The monoisotopic (exact) mass is 465 g/mol. The molecule has 2 aromatic rings. The molecule has 0 aliphatic carbocycles. The molecule has 0 atom stereocenters. The quantitative estimate of drug-likeness (QED) is 0.473. The lowest BCUT2D eigenvalue weighted by Crippen LogP contribution is -2.46. The van der Waals surface area contributed by atoms with Gasteiger partial charge in [-0.15, -0.1) is 0 Å². The number of piperazine rings is 1. The molecular formula is C18H24IN5O2. The zero-order chi connectivity index (χ0) is 18.5. The van der Waals surface area contributed by atoms with Gasteiger partial charge in [0.1, 0.15) is 6.20 Å². The van der Waals surface area contributed by atoms with Crippen molar-refractivity contribution < 1.29 is 0 Å². The normalized spacial score (nSPS) is 15.4. The van der Waals surface area contributed by atoms with E-state index in [4.69, 9.17) is 0 Å². The van der Waals surface area contributed by atoms with Crippen LogP contribution in [0.2, 0.25) is 0 Å². The summed E-state index contributed by atoms with van der Waals surface area (Å²) in [6, 6.07) is 8.68. The number of aromatic nitrogens is 3. The highest BCUT2D eigenvalue weighted by molar-refractivity contribution is 14.1. The molecule has 7 nitrogen and oxygen atoms in total. The molecule has 0 unspecified atom stereocenters. The van der Waals surface area contributed by atoms with E-state index in [1.807, 2.05) is 0 Å².